The molecule has 0 bridgehead atoms. The zero-order chi connectivity index (χ0) is 26.6. The number of rotatable bonds is 6. The Morgan fingerprint density at radius 2 is 1.59 bits per heavy atom. The molecule has 0 aliphatic carbocycles. The van der Waals surface area contributed by atoms with E-state index in [1.165, 1.54) is 6.20 Å². The number of anilines is 2. The highest BCUT2D eigenvalue weighted by Crippen LogP contribution is 2.31. The van der Waals surface area contributed by atoms with Gasteiger partial charge in [0.1, 0.15) is 17.7 Å². The Kier molecular flexibility index (Phi) is 8.37. The van der Waals surface area contributed by atoms with Gasteiger partial charge in [0.2, 0.25) is 0 Å². The van der Waals surface area contributed by atoms with E-state index in [4.69, 9.17) is 27.9 Å². The molecule has 1 saturated heterocycles. The largest absolute Gasteiger partial charge is 0.489 e. The van der Waals surface area contributed by atoms with E-state index in [1.807, 2.05) is 12.1 Å². The first-order valence-corrected chi connectivity index (χ1v) is 12.9. The summed E-state index contributed by atoms with van der Waals surface area (Å²) in [5.74, 6) is 0.00801. The van der Waals surface area contributed by atoms with Crippen LogP contribution in [0.3, 0.4) is 0 Å². The molecule has 0 atom stereocenters. The van der Waals surface area contributed by atoms with E-state index >= 15 is 0 Å². The number of halogens is 2. The van der Waals surface area contributed by atoms with Gasteiger partial charge in [-0.1, -0.05) is 50.0 Å². The molecule has 0 saturated carbocycles. The Balaban J connectivity index is 1.61. The van der Waals surface area contributed by atoms with Crippen LogP contribution in [0.25, 0.3) is 0 Å². The topological polar surface area (TPSA) is 92.4 Å². The van der Waals surface area contributed by atoms with Gasteiger partial charge >= 0.3 is 0 Å². The number of nitrogens with one attached hydrogen (secondary N) is 3. The van der Waals surface area contributed by atoms with Crippen molar-refractivity contribution in [1.82, 2.24) is 10.3 Å². The number of carbonyl (C=O) groups excluding carboxylic acids is 2. The third kappa shape index (κ3) is 7.01. The van der Waals surface area contributed by atoms with E-state index in [0.717, 1.165) is 31.5 Å². The monoisotopic (exact) mass is 540 g/mol. The summed E-state index contributed by atoms with van der Waals surface area (Å²) in [5, 5.41) is 9.74. The van der Waals surface area contributed by atoms with E-state index in [1.54, 1.807) is 36.4 Å². The minimum absolute atomic E-state index is 0.0161. The summed E-state index contributed by atoms with van der Waals surface area (Å²) in [5.41, 5.74) is 1.84. The van der Waals surface area contributed by atoms with Gasteiger partial charge in [-0.15, -0.1) is 0 Å². The maximum atomic E-state index is 13.5. The maximum absolute atomic E-state index is 13.5. The fraction of sp³-hybridized carbons (Fsp3) is 0.321. The molecule has 9 heteroatoms. The van der Waals surface area contributed by atoms with E-state index in [-0.39, 0.29) is 22.8 Å². The zero-order valence-corrected chi connectivity index (χ0v) is 22.5. The van der Waals surface area contributed by atoms with Crippen LogP contribution in [0, 0.1) is 0 Å². The van der Waals surface area contributed by atoms with Crippen molar-refractivity contribution in [2.24, 2.45) is 0 Å². The van der Waals surface area contributed by atoms with E-state index in [0.29, 0.717) is 27.2 Å². The van der Waals surface area contributed by atoms with Crippen molar-refractivity contribution in [3.63, 3.8) is 0 Å². The number of piperidine rings is 1. The molecule has 0 radical (unpaired) electrons. The van der Waals surface area contributed by atoms with Gasteiger partial charge in [-0.05, 0) is 79.4 Å². The molecule has 7 nitrogen and oxygen atoms in total. The van der Waals surface area contributed by atoms with E-state index in [9.17, 15) is 9.59 Å². The maximum Gasteiger partial charge on any atom is 0.259 e. The standard InChI is InChI=1S/C28H30Cl2N4O3/c1-28(2,3)17-4-7-22(24(14-17)37-20-10-12-31-13-11-20)27(36)33-23-15-18(29)5-8-21(23)26(35)34-25-9-6-19(30)16-32-25/h4-9,14-16,20,31H,10-13H2,1-3H3,(H,33,36)(H,32,34,35). The molecule has 2 amide bonds. The highest BCUT2D eigenvalue weighted by Gasteiger charge is 2.24. The fourth-order valence-electron chi connectivity index (χ4n) is 4.01. The minimum atomic E-state index is -0.448. The number of aromatic nitrogens is 1. The van der Waals surface area contributed by atoms with Crippen LogP contribution in [0.4, 0.5) is 11.5 Å². The number of pyridine rings is 1. The number of benzene rings is 2. The molecule has 3 N–H and O–H groups in total. The Morgan fingerprint density at radius 1 is 0.919 bits per heavy atom. The van der Waals surface area contributed by atoms with Crippen LogP contribution < -0.4 is 20.7 Å². The Labute approximate surface area is 226 Å². The van der Waals surface area contributed by atoms with Gasteiger partial charge in [-0.2, -0.15) is 0 Å². The Morgan fingerprint density at radius 3 is 2.27 bits per heavy atom. The average molecular weight is 541 g/mol. The molecule has 2 aromatic carbocycles. The molecule has 1 aliphatic heterocycles. The highest BCUT2D eigenvalue weighted by molar-refractivity contribution is 6.31. The molecule has 1 aromatic heterocycles. The van der Waals surface area contributed by atoms with Gasteiger partial charge in [-0.25, -0.2) is 4.98 Å². The molecule has 3 aromatic rings. The van der Waals surface area contributed by atoms with Crippen molar-refractivity contribution in [3.8, 4) is 5.75 Å². The predicted molar refractivity (Wildman–Crippen MR) is 148 cm³/mol. The average Bonchev–Trinajstić information content (AvgIpc) is 2.85. The van der Waals surface area contributed by atoms with Crippen LogP contribution >= 0.6 is 23.2 Å². The number of carbonyl (C=O) groups is 2. The van der Waals surface area contributed by atoms with Gasteiger partial charge in [0.15, 0.2) is 0 Å². The lowest BCUT2D eigenvalue weighted by molar-refractivity contribution is 0.101. The second-order valence-electron chi connectivity index (χ2n) is 9.99. The first kappa shape index (κ1) is 26.9. The van der Waals surface area contributed by atoms with Crippen molar-refractivity contribution in [2.45, 2.75) is 45.1 Å². The van der Waals surface area contributed by atoms with Gasteiger partial charge < -0.3 is 20.7 Å². The second-order valence-corrected chi connectivity index (χ2v) is 10.9. The third-order valence-corrected chi connectivity index (χ3v) is 6.57. The molecule has 194 valence electrons. The van der Waals surface area contributed by atoms with E-state index in [2.05, 4.69) is 41.7 Å². The van der Waals surface area contributed by atoms with E-state index < -0.39 is 11.8 Å². The summed E-state index contributed by atoms with van der Waals surface area (Å²) in [7, 11) is 0. The summed E-state index contributed by atoms with van der Waals surface area (Å²) < 4.78 is 6.35. The third-order valence-electron chi connectivity index (χ3n) is 6.12. The van der Waals surface area contributed by atoms with Gasteiger partial charge in [0, 0.05) is 11.2 Å². The van der Waals surface area contributed by atoms with Crippen molar-refractivity contribution < 1.29 is 14.3 Å². The highest BCUT2D eigenvalue weighted by atomic mass is 35.5. The summed E-state index contributed by atoms with van der Waals surface area (Å²) in [6.45, 7) is 8.08. The molecule has 2 heterocycles. The van der Waals surface area contributed by atoms with Crippen LogP contribution in [-0.4, -0.2) is 36.0 Å². The molecule has 4 rings (SSSR count). The second kappa shape index (κ2) is 11.5. The normalized spacial score (nSPS) is 14.2. The molecular weight excluding hydrogens is 511 g/mol. The van der Waals surface area contributed by atoms with Crippen molar-refractivity contribution in [1.29, 1.82) is 0 Å². The smallest absolute Gasteiger partial charge is 0.259 e. The van der Waals surface area contributed by atoms with Gasteiger partial charge in [0.05, 0.1) is 21.8 Å². The number of nitrogens with zero attached hydrogens (tertiary/aromatic N) is 1. The van der Waals surface area contributed by atoms with Crippen molar-refractivity contribution in [3.05, 3.63) is 81.5 Å². The first-order valence-electron chi connectivity index (χ1n) is 12.2. The van der Waals surface area contributed by atoms with Crippen molar-refractivity contribution >= 4 is 46.5 Å². The summed E-state index contributed by atoms with van der Waals surface area (Å²) in [6.07, 6.45) is 3.17. The Bertz CT molecular complexity index is 1280. The minimum Gasteiger partial charge on any atom is -0.489 e. The van der Waals surface area contributed by atoms with Crippen LogP contribution in [0.2, 0.25) is 10.0 Å². The molecule has 1 aliphatic rings. The number of amides is 2. The molecule has 1 fully saturated rings. The lowest BCUT2D eigenvalue weighted by Gasteiger charge is -2.27. The van der Waals surface area contributed by atoms with Crippen LogP contribution in [0.5, 0.6) is 5.75 Å². The van der Waals surface area contributed by atoms with Crippen molar-refractivity contribution in [2.75, 3.05) is 23.7 Å². The SMILES string of the molecule is CC(C)(C)c1ccc(C(=O)Nc2cc(Cl)ccc2C(=O)Nc2ccc(Cl)cn2)c(OC2CCNCC2)c1. The van der Waals surface area contributed by atoms with Crippen LogP contribution in [0.15, 0.2) is 54.7 Å². The number of ether oxygens (including phenoxy) is 1. The molecular formula is C28H30Cl2N4O3. The summed E-state index contributed by atoms with van der Waals surface area (Å²) in [4.78, 5) is 30.6. The fourth-order valence-corrected chi connectivity index (χ4v) is 4.29. The summed E-state index contributed by atoms with van der Waals surface area (Å²) >= 11 is 12.1. The molecule has 0 unspecified atom stereocenters. The lowest BCUT2D eigenvalue weighted by atomic mass is 9.86. The predicted octanol–water partition coefficient (Wildman–Crippen LogP) is 6.32. The van der Waals surface area contributed by atoms with Gasteiger partial charge in [0.25, 0.3) is 11.8 Å². The Hall–Kier alpha value is -3.13. The van der Waals surface area contributed by atoms with Crippen LogP contribution in [-0.2, 0) is 5.41 Å². The summed E-state index contributed by atoms with van der Waals surface area (Å²) in [6, 6.07) is 13.5. The number of hydrogen-bond donors (Lipinski definition) is 3. The van der Waals surface area contributed by atoms with Crippen LogP contribution in [0.1, 0.15) is 59.9 Å². The first-order chi connectivity index (χ1) is 17.6. The molecule has 37 heavy (non-hydrogen) atoms. The zero-order valence-electron chi connectivity index (χ0n) is 21.0. The number of hydrogen-bond acceptors (Lipinski definition) is 5. The quantitative estimate of drug-likeness (QED) is 0.340. The van der Waals surface area contributed by atoms with Gasteiger partial charge in [-0.3, -0.25) is 9.59 Å². The lowest BCUT2D eigenvalue weighted by Crippen LogP contribution is -2.34. The molecule has 0 spiro atoms.